The summed E-state index contributed by atoms with van der Waals surface area (Å²) in [5, 5.41) is 13.5. The number of rotatable bonds is 7. The quantitative estimate of drug-likeness (QED) is 0.231. The minimum atomic E-state index is -1.15. The second kappa shape index (κ2) is 10.2. The molecule has 184 valence electrons. The van der Waals surface area contributed by atoms with Gasteiger partial charge >= 0.3 is 5.97 Å². The molecule has 8 heteroatoms. The van der Waals surface area contributed by atoms with Crippen molar-refractivity contribution in [1.82, 2.24) is 20.3 Å². The van der Waals surface area contributed by atoms with Crippen molar-refractivity contribution in [2.75, 3.05) is 0 Å². The Kier molecular flexibility index (Phi) is 6.70. The molecule has 0 aliphatic carbocycles. The summed E-state index contributed by atoms with van der Waals surface area (Å²) in [5.74, 6) is -0.920. The van der Waals surface area contributed by atoms with E-state index in [-0.39, 0.29) is 23.1 Å². The maximum Gasteiger partial charge on any atom is 0.336 e. The van der Waals surface area contributed by atoms with Crippen molar-refractivity contribution in [2.45, 2.75) is 19.4 Å². The molecule has 1 amide bonds. The van der Waals surface area contributed by atoms with Gasteiger partial charge in [-0.25, -0.2) is 9.78 Å². The fraction of sp³-hybridized carbons (Fsp3) is 0.103. The van der Waals surface area contributed by atoms with E-state index in [1.54, 1.807) is 36.7 Å². The number of nitrogens with zero attached hydrogens (tertiary/aromatic N) is 2. The van der Waals surface area contributed by atoms with Crippen LogP contribution >= 0.6 is 11.6 Å². The SMILES string of the molecule is CCC(NC(=O)c1ccc(-c2cc(Cl)ccc2-c2nc3ccccc3[nH]2)c(C(=O)O)c1)c1ccncc1. The van der Waals surface area contributed by atoms with E-state index in [1.165, 1.54) is 6.07 Å². The minimum Gasteiger partial charge on any atom is -0.478 e. The summed E-state index contributed by atoms with van der Waals surface area (Å²) in [6.07, 6.45) is 4.02. The summed E-state index contributed by atoms with van der Waals surface area (Å²) in [7, 11) is 0. The van der Waals surface area contributed by atoms with Crippen molar-refractivity contribution in [2.24, 2.45) is 0 Å². The lowest BCUT2D eigenvalue weighted by molar-refractivity contribution is 0.0697. The summed E-state index contributed by atoms with van der Waals surface area (Å²) in [6, 6.07) is 21.0. The molecule has 3 aromatic carbocycles. The number of fused-ring (bicyclic) bond motifs is 1. The first-order valence-corrected chi connectivity index (χ1v) is 12.2. The van der Waals surface area contributed by atoms with Gasteiger partial charge in [-0.05, 0) is 77.7 Å². The Balaban J connectivity index is 1.55. The van der Waals surface area contributed by atoms with Crippen LogP contribution in [0.2, 0.25) is 5.02 Å². The fourth-order valence-electron chi connectivity index (χ4n) is 4.38. The molecule has 1 atom stereocenters. The molecule has 0 bridgehead atoms. The Morgan fingerprint density at radius 2 is 1.73 bits per heavy atom. The number of benzene rings is 3. The normalized spacial score (nSPS) is 11.8. The van der Waals surface area contributed by atoms with Crippen molar-refractivity contribution in [3.05, 3.63) is 107 Å². The molecule has 5 rings (SSSR count). The van der Waals surface area contributed by atoms with Gasteiger partial charge < -0.3 is 15.4 Å². The molecule has 37 heavy (non-hydrogen) atoms. The monoisotopic (exact) mass is 510 g/mol. The first kappa shape index (κ1) is 24.2. The van der Waals surface area contributed by atoms with E-state index in [2.05, 4.69) is 20.3 Å². The van der Waals surface area contributed by atoms with Gasteiger partial charge in [-0.2, -0.15) is 0 Å². The largest absolute Gasteiger partial charge is 0.478 e. The molecule has 2 heterocycles. The van der Waals surface area contributed by atoms with E-state index >= 15 is 0 Å². The highest BCUT2D eigenvalue weighted by Gasteiger charge is 2.21. The number of amides is 1. The number of pyridine rings is 1. The van der Waals surface area contributed by atoms with E-state index in [1.807, 2.05) is 49.4 Å². The van der Waals surface area contributed by atoms with Gasteiger partial charge in [-0.3, -0.25) is 9.78 Å². The van der Waals surface area contributed by atoms with E-state index < -0.39 is 5.97 Å². The lowest BCUT2D eigenvalue weighted by atomic mass is 9.93. The van der Waals surface area contributed by atoms with Crippen LogP contribution < -0.4 is 5.32 Å². The van der Waals surface area contributed by atoms with Crippen molar-refractivity contribution >= 4 is 34.5 Å². The molecule has 0 fully saturated rings. The van der Waals surface area contributed by atoms with Crippen LogP contribution in [-0.2, 0) is 0 Å². The third-order valence-electron chi connectivity index (χ3n) is 6.25. The molecule has 1 unspecified atom stereocenters. The number of H-pyrrole nitrogens is 1. The van der Waals surface area contributed by atoms with Gasteiger partial charge in [0.2, 0.25) is 0 Å². The first-order valence-electron chi connectivity index (χ1n) is 11.8. The Bertz CT molecular complexity index is 1580. The topological polar surface area (TPSA) is 108 Å². The van der Waals surface area contributed by atoms with E-state index in [9.17, 15) is 14.7 Å². The maximum atomic E-state index is 13.1. The molecule has 0 aliphatic rings. The fourth-order valence-corrected chi connectivity index (χ4v) is 4.55. The number of aromatic carboxylic acids is 1. The number of imidazole rings is 1. The van der Waals surface area contributed by atoms with Gasteiger partial charge in [0, 0.05) is 28.5 Å². The summed E-state index contributed by atoms with van der Waals surface area (Å²) < 4.78 is 0. The molecule has 0 radical (unpaired) electrons. The van der Waals surface area contributed by atoms with Crippen LogP contribution in [-0.4, -0.2) is 31.9 Å². The summed E-state index contributed by atoms with van der Waals surface area (Å²) in [6.45, 7) is 1.97. The molecule has 5 aromatic rings. The number of hydrogen-bond donors (Lipinski definition) is 3. The predicted molar refractivity (Wildman–Crippen MR) is 144 cm³/mol. The molecule has 0 spiro atoms. The number of carboxylic acids is 1. The van der Waals surface area contributed by atoms with Gasteiger partial charge in [0.1, 0.15) is 5.82 Å². The number of carbonyl (C=O) groups excluding carboxylic acids is 1. The zero-order valence-corrected chi connectivity index (χ0v) is 20.7. The highest BCUT2D eigenvalue weighted by molar-refractivity contribution is 6.31. The second-order valence-electron chi connectivity index (χ2n) is 8.57. The molecule has 0 saturated heterocycles. The van der Waals surface area contributed by atoms with Crippen LogP contribution in [0.3, 0.4) is 0 Å². The molecule has 0 saturated carbocycles. The number of halogens is 1. The maximum absolute atomic E-state index is 13.1. The highest BCUT2D eigenvalue weighted by atomic mass is 35.5. The van der Waals surface area contributed by atoms with Gasteiger partial charge in [0.25, 0.3) is 5.91 Å². The summed E-state index contributed by atoms with van der Waals surface area (Å²) >= 11 is 6.33. The third kappa shape index (κ3) is 4.94. The number of carbonyl (C=O) groups is 2. The number of aromatic nitrogens is 3. The van der Waals surface area contributed by atoms with Crippen LogP contribution in [0, 0.1) is 0 Å². The zero-order valence-electron chi connectivity index (χ0n) is 19.9. The van der Waals surface area contributed by atoms with Crippen molar-refractivity contribution in [1.29, 1.82) is 0 Å². The molecular formula is C29H23ClN4O3. The lowest BCUT2D eigenvalue weighted by Crippen LogP contribution is -2.28. The number of hydrogen-bond acceptors (Lipinski definition) is 4. The first-order chi connectivity index (χ1) is 17.9. The summed E-state index contributed by atoms with van der Waals surface area (Å²) in [5.41, 5.74) is 4.55. The number of carboxylic acid groups (broad SMARTS) is 1. The molecule has 2 aromatic heterocycles. The molecule has 3 N–H and O–H groups in total. The molecular weight excluding hydrogens is 488 g/mol. The molecule has 0 aliphatic heterocycles. The number of nitrogens with one attached hydrogen (secondary N) is 2. The van der Waals surface area contributed by atoms with E-state index in [0.717, 1.165) is 16.6 Å². The zero-order chi connectivity index (χ0) is 25.9. The third-order valence-corrected chi connectivity index (χ3v) is 6.49. The number of aromatic amines is 1. The van der Waals surface area contributed by atoms with Crippen molar-refractivity contribution in [3.8, 4) is 22.5 Å². The van der Waals surface area contributed by atoms with Crippen molar-refractivity contribution < 1.29 is 14.7 Å². The van der Waals surface area contributed by atoms with Crippen LogP contribution in [0.4, 0.5) is 0 Å². The predicted octanol–water partition coefficient (Wildman–Crippen LogP) is 6.52. The Labute approximate surface area is 218 Å². The van der Waals surface area contributed by atoms with Crippen LogP contribution in [0.1, 0.15) is 45.7 Å². The minimum absolute atomic E-state index is 0.00997. The van der Waals surface area contributed by atoms with Gasteiger partial charge in [-0.1, -0.05) is 36.7 Å². The highest BCUT2D eigenvalue weighted by Crippen LogP contribution is 2.36. The smallest absolute Gasteiger partial charge is 0.336 e. The van der Waals surface area contributed by atoms with Crippen LogP contribution in [0.25, 0.3) is 33.5 Å². The average molecular weight is 511 g/mol. The van der Waals surface area contributed by atoms with Gasteiger partial charge in [-0.15, -0.1) is 0 Å². The van der Waals surface area contributed by atoms with Crippen LogP contribution in [0.15, 0.2) is 85.2 Å². The van der Waals surface area contributed by atoms with E-state index in [0.29, 0.717) is 34.0 Å². The van der Waals surface area contributed by atoms with Crippen molar-refractivity contribution in [3.63, 3.8) is 0 Å². The molecule has 7 nitrogen and oxygen atoms in total. The number of para-hydroxylation sites is 2. The Morgan fingerprint density at radius 3 is 2.46 bits per heavy atom. The second-order valence-corrected chi connectivity index (χ2v) is 9.01. The Hall–Kier alpha value is -4.49. The van der Waals surface area contributed by atoms with Gasteiger partial charge in [0.15, 0.2) is 0 Å². The summed E-state index contributed by atoms with van der Waals surface area (Å²) in [4.78, 5) is 37.4. The standard InChI is InChI=1S/C29H23ClN4O3/c1-2-24(17-11-13-31-14-12-17)34-28(35)18-7-9-20(23(15-18)29(36)37)22-16-19(30)8-10-21(22)27-32-25-5-3-4-6-26(25)33-27/h3-16,24H,2H2,1H3,(H,32,33)(H,34,35)(H,36,37). The van der Waals surface area contributed by atoms with Gasteiger partial charge in [0.05, 0.1) is 22.6 Å². The van der Waals surface area contributed by atoms with Crippen LogP contribution in [0.5, 0.6) is 0 Å². The Morgan fingerprint density at radius 1 is 0.973 bits per heavy atom. The average Bonchev–Trinajstić information content (AvgIpc) is 3.35. The lowest BCUT2D eigenvalue weighted by Gasteiger charge is -2.18. The van der Waals surface area contributed by atoms with E-state index in [4.69, 9.17) is 11.6 Å².